The number of carbonyl (C=O) groups excluding carboxylic acids is 1. The molecule has 0 aliphatic carbocycles. The minimum absolute atomic E-state index is 0.0338. The van der Waals surface area contributed by atoms with E-state index < -0.39 is 0 Å². The van der Waals surface area contributed by atoms with Crippen LogP contribution < -0.4 is 10.1 Å². The second-order valence-corrected chi connectivity index (χ2v) is 6.65. The van der Waals surface area contributed by atoms with E-state index in [1.54, 1.807) is 31.4 Å². The number of fused-ring (bicyclic) bond motifs is 1. The van der Waals surface area contributed by atoms with Gasteiger partial charge in [0.1, 0.15) is 5.75 Å². The summed E-state index contributed by atoms with van der Waals surface area (Å²) < 4.78 is 5.19. The van der Waals surface area contributed by atoms with Crippen molar-refractivity contribution >= 4 is 28.2 Å². The van der Waals surface area contributed by atoms with Crippen LogP contribution in [0.25, 0.3) is 10.9 Å². The molecule has 1 heterocycles. The molecule has 3 N–H and O–H groups in total. The molecular formula is C23H20N4O3. The Morgan fingerprint density at radius 3 is 2.63 bits per heavy atom. The van der Waals surface area contributed by atoms with Crippen LogP contribution in [0.3, 0.4) is 0 Å². The van der Waals surface area contributed by atoms with E-state index in [2.05, 4.69) is 20.5 Å². The maximum Gasteiger partial charge on any atom is 0.251 e. The molecule has 0 spiro atoms. The zero-order valence-corrected chi connectivity index (χ0v) is 16.3. The van der Waals surface area contributed by atoms with Crippen molar-refractivity contribution in [3.05, 3.63) is 83.9 Å². The summed E-state index contributed by atoms with van der Waals surface area (Å²) in [4.78, 5) is 15.2. The average molecular weight is 400 g/mol. The molecule has 1 amide bonds. The molecule has 0 aliphatic heterocycles. The molecule has 7 heteroatoms. The van der Waals surface area contributed by atoms with Crippen LogP contribution in [0.15, 0.2) is 83.0 Å². The predicted molar refractivity (Wildman–Crippen MR) is 115 cm³/mol. The number of para-hydroxylation sites is 1. The van der Waals surface area contributed by atoms with Crippen molar-refractivity contribution in [2.45, 2.75) is 6.54 Å². The number of aromatic amines is 1. The van der Waals surface area contributed by atoms with E-state index in [-0.39, 0.29) is 11.8 Å². The van der Waals surface area contributed by atoms with Gasteiger partial charge in [-0.3, -0.25) is 4.79 Å². The Hall–Kier alpha value is -4.13. The summed E-state index contributed by atoms with van der Waals surface area (Å²) >= 11 is 0. The lowest BCUT2D eigenvalue weighted by Gasteiger charge is -2.07. The van der Waals surface area contributed by atoms with Crippen LogP contribution in [0, 0.1) is 0 Å². The van der Waals surface area contributed by atoms with Gasteiger partial charge in [0, 0.05) is 17.5 Å². The largest absolute Gasteiger partial charge is 0.497 e. The Bertz CT molecular complexity index is 1210. The number of nitrogens with one attached hydrogen (secondary N) is 2. The highest BCUT2D eigenvalue weighted by molar-refractivity contribution is 5.95. The number of benzene rings is 3. The lowest BCUT2D eigenvalue weighted by molar-refractivity contribution is 0.0951. The number of carbonyl (C=O) groups is 1. The molecular weight excluding hydrogens is 380 g/mol. The van der Waals surface area contributed by atoms with Crippen LogP contribution in [0.1, 0.15) is 15.9 Å². The van der Waals surface area contributed by atoms with Crippen LogP contribution >= 0.6 is 0 Å². The van der Waals surface area contributed by atoms with Gasteiger partial charge in [0.2, 0.25) is 5.88 Å². The molecule has 7 nitrogen and oxygen atoms in total. The molecule has 0 atom stereocenters. The Morgan fingerprint density at radius 1 is 1.03 bits per heavy atom. The number of amides is 1. The summed E-state index contributed by atoms with van der Waals surface area (Å²) in [5, 5.41) is 22.0. The number of nitrogens with zero attached hydrogens (tertiary/aromatic N) is 2. The first kappa shape index (κ1) is 19.2. The molecule has 4 aromatic rings. The van der Waals surface area contributed by atoms with Gasteiger partial charge in [-0.15, -0.1) is 5.11 Å². The summed E-state index contributed by atoms with van der Waals surface area (Å²) in [6.07, 6.45) is 0. The molecule has 0 fully saturated rings. The molecule has 0 saturated carbocycles. The fraction of sp³-hybridized carbons (Fsp3) is 0.0870. The quantitative estimate of drug-likeness (QED) is 0.387. The highest BCUT2D eigenvalue weighted by Gasteiger charge is 2.10. The van der Waals surface area contributed by atoms with Gasteiger partial charge in [0.15, 0.2) is 5.69 Å². The molecule has 0 saturated heterocycles. The van der Waals surface area contributed by atoms with Crippen molar-refractivity contribution in [2.75, 3.05) is 7.11 Å². The maximum atomic E-state index is 12.4. The summed E-state index contributed by atoms with van der Waals surface area (Å²) in [6.45, 7) is 0.400. The Balaban J connectivity index is 1.42. The smallest absolute Gasteiger partial charge is 0.251 e. The lowest BCUT2D eigenvalue weighted by atomic mass is 10.1. The van der Waals surface area contributed by atoms with Gasteiger partial charge in [-0.1, -0.05) is 30.3 Å². The highest BCUT2D eigenvalue weighted by Crippen LogP contribution is 2.36. The molecule has 1 aromatic heterocycles. The maximum absolute atomic E-state index is 12.4. The Morgan fingerprint density at radius 2 is 1.83 bits per heavy atom. The predicted octanol–water partition coefficient (Wildman–Crippen LogP) is 5.23. The van der Waals surface area contributed by atoms with E-state index in [4.69, 9.17) is 4.74 Å². The van der Waals surface area contributed by atoms with Crippen molar-refractivity contribution in [2.24, 2.45) is 10.2 Å². The van der Waals surface area contributed by atoms with Crippen LogP contribution in [-0.2, 0) is 6.54 Å². The normalized spacial score (nSPS) is 11.1. The zero-order valence-electron chi connectivity index (χ0n) is 16.3. The van der Waals surface area contributed by atoms with Crippen LogP contribution in [0.5, 0.6) is 11.6 Å². The van der Waals surface area contributed by atoms with Gasteiger partial charge in [-0.2, -0.15) is 5.11 Å². The van der Waals surface area contributed by atoms with Crippen molar-refractivity contribution in [1.82, 2.24) is 10.3 Å². The van der Waals surface area contributed by atoms with E-state index in [1.807, 2.05) is 48.5 Å². The topological polar surface area (TPSA) is 99.1 Å². The standard InChI is InChI=1S/C23H20N4O3/c1-30-18-6-4-5-15(13-18)14-24-22(28)16-9-11-17(12-10-16)26-27-21-19-7-2-3-8-20(19)25-23(21)29/h2-13,25,29H,14H2,1H3,(H,24,28). The van der Waals surface area contributed by atoms with Gasteiger partial charge in [0.05, 0.1) is 18.3 Å². The lowest BCUT2D eigenvalue weighted by Crippen LogP contribution is -2.22. The number of aromatic nitrogens is 1. The second kappa shape index (κ2) is 8.48. The molecule has 0 radical (unpaired) electrons. The molecule has 3 aromatic carbocycles. The fourth-order valence-corrected chi connectivity index (χ4v) is 3.07. The Kier molecular flexibility index (Phi) is 5.43. The van der Waals surface area contributed by atoms with Crippen molar-refractivity contribution < 1.29 is 14.6 Å². The fourth-order valence-electron chi connectivity index (χ4n) is 3.07. The van der Waals surface area contributed by atoms with Gasteiger partial charge in [-0.05, 0) is 48.0 Å². The average Bonchev–Trinajstić information content (AvgIpc) is 3.11. The van der Waals surface area contributed by atoms with Crippen molar-refractivity contribution in [3.8, 4) is 11.6 Å². The summed E-state index contributed by atoms with van der Waals surface area (Å²) in [5.74, 6) is 0.529. The van der Waals surface area contributed by atoms with Crippen LogP contribution in [0.4, 0.5) is 11.4 Å². The summed E-state index contributed by atoms with van der Waals surface area (Å²) in [6, 6.07) is 21.8. The van der Waals surface area contributed by atoms with Gasteiger partial charge in [-0.25, -0.2) is 0 Å². The van der Waals surface area contributed by atoms with Crippen LogP contribution in [-0.4, -0.2) is 23.1 Å². The van der Waals surface area contributed by atoms with E-state index in [9.17, 15) is 9.90 Å². The number of rotatable bonds is 6. The monoisotopic (exact) mass is 400 g/mol. The number of aromatic hydroxyl groups is 1. The number of H-pyrrole nitrogens is 1. The van der Waals surface area contributed by atoms with Crippen LogP contribution in [0.2, 0.25) is 0 Å². The zero-order chi connectivity index (χ0) is 20.9. The van der Waals surface area contributed by atoms with Crippen molar-refractivity contribution in [3.63, 3.8) is 0 Å². The number of methoxy groups -OCH3 is 1. The molecule has 0 aliphatic rings. The highest BCUT2D eigenvalue weighted by atomic mass is 16.5. The van der Waals surface area contributed by atoms with Gasteiger partial charge in [0.25, 0.3) is 5.91 Å². The molecule has 30 heavy (non-hydrogen) atoms. The second-order valence-electron chi connectivity index (χ2n) is 6.65. The Labute approximate surface area is 173 Å². The van der Waals surface area contributed by atoms with E-state index in [0.717, 1.165) is 22.2 Å². The minimum atomic E-state index is -0.185. The van der Waals surface area contributed by atoms with Crippen molar-refractivity contribution in [1.29, 1.82) is 0 Å². The minimum Gasteiger partial charge on any atom is -0.497 e. The van der Waals surface area contributed by atoms with Gasteiger partial charge < -0.3 is 20.1 Å². The third-order valence-electron chi connectivity index (χ3n) is 4.64. The van der Waals surface area contributed by atoms with E-state index in [0.29, 0.717) is 23.5 Å². The molecule has 150 valence electrons. The van der Waals surface area contributed by atoms with E-state index in [1.165, 1.54) is 0 Å². The third kappa shape index (κ3) is 4.15. The SMILES string of the molecule is COc1cccc(CNC(=O)c2ccc(N=Nc3c(O)[nH]c4ccccc34)cc2)c1. The first-order valence-corrected chi connectivity index (χ1v) is 9.36. The molecule has 4 rings (SSSR count). The first-order chi connectivity index (χ1) is 14.6. The number of hydrogen-bond donors (Lipinski definition) is 3. The summed E-state index contributed by atoms with van der Waals surface area (Å²) in [5.41, 5.74) is 3.21. The first-order valence-electron chi connectivity index (χ1n) is 9.36. The number of azo groups is 1. The molecule has 0 bridgehead atoms. The van der Waals surface area contributed by atoms with Gasteiger partial charge >= 0.3 is 0 Å². The molecule has 0 unspecified atom stereocenters. The van der Waals surface area contributed by atoms with E-state index >= 15 is 0 Å². The number of ether oxygens (including phenoxy) is 1. The summed E-state index contributed by atoms with van der Waals surface area (Å²) in [7, 11) is 1.61. The number of hydrogen-bond acceptors (Lipinski definition) is 5. The third-order valence-corrected chi connectivity index (χ3v) is 4.64.